The van der Waals surface area contributed by atoms with Crippen molar-refractivity contribution >= 4 is 15.9 Å². The summed E-state index contributed by atoms with van der Waals surface area (Å²) in [6.45, 7) is 6.19. The monoisotopic (exact) mass is 314 g/mol. The molecule has 0 fully saturated rings. The van der Waals surface area contributed by atoms with Crippen LogP contribution in [0.2, 0.25) is 0 Å². The summed E-state index contributed by atoms with van der Waals surface area (Å²) in [6, 6.07) is 4.26. The molecular weight excluding hydrogens is 292 g/mol. The lowest BCUT2D eigenvalue weighted by molar-refractivity contribution is 0.00978. The highest BCUT2D eigenvalue weighted by atomic mass is 79.9. The molecule has 2 N–H and O–H groups in total. The van der Waals surface area contributed by atoms with E-state index in [0.29, 0.717) is 12.8 Å². The van der Waals surface area contributed by atoms with Crippen LogP contribution in [0.15, 0.2) is 16.6 Å². The van der Waals surface area contributed by atoms with E-state index in [2.05, 4.69) is 41.9 Å². The topological polar surface area (TPSA) is 40.5 Å². The lowest BCUT2D eigenvalue weighted by atomic mass is 9.98. The Balaban J connectivity index is 2.61. The first-order valence-electron chi connectivity index (χ1n) is 6.57. The fraction of sp³-hybridized carbons (Fsp3) is 0.600. The zero-order valence-electron chi connectivity index (χ0n) is 11.4. The molecule has 0 saturated carbocycles. The standard InChI is InChI=1S/C15H23BrO2/c1-4-5-14(17)15(18)7-6-12-8-10(2)11(3)9-13(12)16/h8-9,14-15,17-18H,4-7H2,1-3H3. The average Bonchev–Trinajstić information content (AvgIpc) is 2.32. The van der Waals surface area contributed by atoms with Crippen molar-refractivity contribution in [1.29, 1.82) is 0 Å². The van der Waals surface area contributed by atoms with Crippen LogP contribution < -0.4 is 0 Å². The second-order valence-electron chi connectivity index (χ2n) is 4.99. The smallest absolute Gasteiger partial charge is 0.0802 e. The molecule has 0 radical (unpaired) electrons. The minimum Gasteiger partial charge on any atom is -0.390 e. The Morgan fingerprint density at radius 2 is 1.61 bits per heavy atom. The zero-order chi connectivity index (χ0) is 13.7. The van der Waals surface area contributed by atoms with Gasteiger partial charge in [0.1, 0.15) is 0 Å². The average molecular weight is 315 g/mol. The molecule has 102 valence electrons. The molecule has 1 aromatic rings. The van der Waals surface area contributed by atoms with Gasteiger partial charge in [-0.15, -0.1) is 0 Å². The molecular formula is C15H23BrO2. The van der Waals surface area contributed by atoms with Crippen molar-refractivity contribution in [2.45, 2.75) is 58.7 Å². The van der Waals surface area contributed by atoms with Crippen molar-refractivity contribution in [3.8, 4) is 0 Å². The first-order valence-corrected chi connectivity index (χ1v) is 7.36. The highest BCUT2D eigenvalue weighted by Gasteiger charge is 2.15. The molecule has 1 aromatic carbocycles. The van der Waals surface area contributed by atoms with Gasteiger partial charge in [0.2, 0.25) is 0 Å². The van der Waals surface area contributed by atoms with Crippen LogP contribution in [0.4, 0.5) is 0 Å². The van der Waals surface area contributed by atoms with Crippen LogP contribution in [-0.4, -0.2) is 22.4 Å². The fourth-order valence-electron chi connectivity index (χ4n) is 2.02. The minimum atomic E-state index is -0.626. The van der Waals surface area contributed by atoms with Crippen molar-refractivity contribution in [2.24, 2.45) is 0 Å². The van der Waals surface area contributed by atoms with Crippen LogP contribution in [0.3, 0.4) is 0 Å². The third kappa shape index (κ3) is 4.38. The lowest BCUT2D eigenvalue weighted by Crippen LogP contribution is -2.26. The molecule has 1 rings (SSSR count). The van der Waals surface area contributed by atoms with E-state index in [-0.39, 0.29) is 0 Å². The maximum atomic E-state index is 9.86. The molecule has 0 aliphatic carbocycles. The van der Waals surface area contributed by atoms with Gasteiger partial charge in [-0.05, 0) is 55.9 Å². The first kappa shape index (κ1) is 15.7. The second kappa shape index (κ2) is 7.27. The van der Waals surface area contributed by atoms with Crippen molar-refractivity contribution in [3.63, 3.8) is 0 Å². The van der Waals surface area contributed by atoms with Gasteiger partial charge in [-0.25, -0.2) is 0 Å². The van der Waals surface area contributed by atoms with E-state index in [9.17, 15) is 10.2 Å². The summed E-state index contributed by atoms with van der Waals surface area (Å²) in [7, 11) is 0. The summed E-state index contributed by atoms with van der Waals surface area (Å²) >= 11 is 3.56. The normalized spacial score (nSPS) is 14.6. The van der Waals surface area contributed by atoms with Crippen molar-refractivity contribution in [2.75, 3.05) is 0 Å². The molecule has 2 unspecified atom stereocenters. The Morgan fingerprint density at radius 3 is 2.22 bits per heavy atom. The van der Waals surface area contributed by atoms with E-state index in [4.69, 9.17) is 0 Å². The first-order chi connectivity index (χ1) is 8.45. The molecule has 0 aromatic heterocycles. The summed E-state index contributed by atoms with van der Waals surface area (Å²) in [5.41, 5.74) is 3.72. The quantitative estimate of drug-likeness (QED) is 0.843. The van der Waals surface area contributed by atoms with Crippen LogP contribution >= 0.6 is 15.9 Å². The summed E-state index contributed by atoms with van der Waals surface area (Å²) in [4.78, 5) is 0. The number of halogens is 1. The lowest BCUT2D eigenvalue weighted by Gasteiger charge is -2.17. The molecule has 2 nitrogen and oxygen atoms in total. The minimum absolute atomic E-state index is 0.597. The van der Waals surface area contributed by atoms with Gasteiger partial charge in [0.25, 0.3) is 0 Å². The molecule has 3 heteroatoms. The Bertz CT molecular complexity index is 390. The van der Waals surface area contributed by atoms with Crippen molar-refractivity contribution < 1.29 is 10.2 Å². The molecule has 0 saturated heterocycles. The van der Waals surface area contributed by atoms with Crippen LogP contribution in [0.1, 0.15) is 42.9 Å². The van der Waals surface area contributed by atoms with Crippen molar-refractivity contribution in [1.82, 2.24) is 0 Å². The fourth-order valence-corrected chi connectivity index (χ4v) is 2.67. The van der Waals surface area contributed by atoms with E-state index in [1.807, 2.05) is 6.92 Å². The predicted molar refractivity (Wildman–Crippen MR) is 78.9 cm³/mol. The Labute approximate surface area is 118 Å². The Morgan fingerprint density at radius 1 is 1.06 bits per heavy atom. The Kier molecular flexibility index (Phi) is 6.33. The van der Waals surface area contributed by atoms with E-state index in [1.54, 1.807) is 0 Å². The van der Waals surface area contributed by atoms with Gasteiger partial charge in [0.15, 0.2) is 0 Å². The van der Waals surface area contributed by atoms with Crippen LogP contribution in [-0.2, 0) is 6.42 Å². The van der Waals surface area contributed by atoms with E-state index < -0.39 is 12.2 Å². The summed E-state index contributed by atoms with van der Waals surface area (Å²) in [5.74, 6) is 0. The molecule has 0 heterocycles. The molecule has 0 bridgehead atoms. The van der Waals surface area contributed by atoms with Gasteiger partial charge in [0, 0.05) is 4.47 Å². The van der Waals surface area contributed by atoms with Gasteiger partial charge in [-0.2, -0.15) is 0 Å². The van der Waals surface area contributed by atoms with Gasteiger partial charge >= 0.3 is 0 Å². The van der Waals surface area contributed by atoms with Gasteiger partial charge in [-0.3, -0.25) is 0 Å². The van der Waals surface area contributed by atoms with Gasteiger partial charge < -0.3 is 10.2 Å². The molecule has 0 aliphatic heterocycles. The van der Waals surface area contributed by atoms with E-state index >= 15 is 0 Å². The number of hydrogen-bond donors (Lipinski definition) is 2. The maximum absolute atomic E-state index is 9.86. The SMILES string of the molecule is CCCC(O)C(O)CCc1cc(C)c(C)cc1Br. The van der Waals surface area contributed by atoms with Crippen molar-refractivity contribution in [3.05, 3.63) is 33.3 Å². The van der Waals surface area contributed by atoms with Gasteiger partial charge in [0.05, 0.1) is 12.2 Å². The molecule has 0 amide bonds. The third-order valence-electron chi connectivity index (χ3n) is 3.40. The second-order valence-corrected chi connectivity index (χ2v) is 5.84. The third-order valence-corrected chi connectivity index (χ3v) is 4.14. The van der Waals surface area contributed by atoms with Crippen LogP contribution in [0.25, 0.3) is 0 Å². The highest BCUT2D eigenvalue weighted by Crippen LogP contribution is 2.23. The molecule has 0 aliphatic rings. The predicted octanol–water partition coefficient (Wildman–Crippen LogP) is 3.52. The summed E-state index contributed by atoms with van der Waals surface area (Å²) < 4.78 is 1.09. The highest BCUT2D eigenvalue weighted by molar-refractivity contribution is 9.10. The van der Waals surface area contributed by atoms with Crippen LogP contribution in [0.5, 0.6) is 0 Å². The Hall–Kier alpha value is -0.380. The largest absolute Gasteiger partial charge is 0.390 e. The zero-order valence-corrected chi connectivity index (χ0v) is 13.0. The summed E-state index contributed by atoms with van der Waals surface area (Å²) in [5, 5.41) is 19.6. The number of aliphatic hydroxyl groups excluding tert-OH is 2. The van der Waals surface area contributed by atoms with E-state index in [0.717, 1.165) is 17.3 Å². The number of aliphatic hydroxyl groups is 2. The maximum Gasteiger partial charge on any atom is 0.0802 e. The van der Waals surface area contributed by atoms with Crippen LogP contribution in [0, 0.1) is 13.8 Å². The molecule has 2 atom stereocenters. The number of benzene rings is 1. The number of rotatable bonds is 6. The van der Waals surface area contributed by atoms with Gasteiger partial charge in [-0.1, -0.05) is 35.3 Å². The van der Waals surface area contributed by atoms with E-state index in [1.165, 1.54) is 16.7 Å². The number of aryl methyl sites for hydroxylation is 3. The molecule has 18 heavy (non-hydrogen) atoms. The molecule has 0 spiro atoms. The summed E-state index contributed by atoms with van der Waals surface area (Å²) in [6.07, 6.45) is 1.71. The number of hydrogen-bond acceptors (Lipinski definition) is 2.